The van der Waals surface area contributed by atoms with Crippen LogP contribution in [0.5, 0.6) is 0 Å². The lowest BCUT2D eigenvalue weighted by molar-refractivity contribution is 0.216. The highest BCUT2D eigenvalue weighted by Gasteiger charge is 2.23. The Morgan fingerprint density at radius 2 is 2.12 bits per heavy atom. The van der Waals surface area contributed by atoms with Crippen LogP contribution in [0.4, 0.5) is 21.8 Å². The molecule has 33 heavy (non-hydrogen) atoms. The van der Waals surface area contributed by atoms with E-state index < -0.39 is 0 Å². The van der Waals surface area contributed by atoms with Gasteiger partial charge in [0.15, 0.2) is 5.82 Å². The lowest BCUT2D eigenvalue weighted by Gasteiger charge is -2.32. The Kier molecular flexibility index (Phi) is 8.20. The molecular weight excluding hydrogens is 443 g/mol. The second-order valence-electron chi connectivity index (χ2n) is 8.13. The van der Waals surface area contributed by atoms with Crippen LogP contribution in [0.1, 0.15) is 43.2 Å². The lowest BCUT2D eigenvalue weighted by Crippen LogP contribution is -2.33. The number of aryl methyl sites for hydroxylation is 1. The predicted molar refractivity (Wildman–Crippen MR) is 129 cm³/mol. The number of hydrogen-bond acceptors (Lipinski definition) is 7. The standard InChI is InChI=1S/C23H28ClFN8/c1-14-10-20(19(25)12-17(14)16-4-8-33(9-5-16)7-3-6-26)30-23-29-13-18(24)22(32-23)31-21(28)11-15(2)27/h10-13,16H,3-5,7-9,27H2,1-2H3,(H3,28,29,30,31,32)/b15-11-. The fraction of sp³-hybridized carbons (Fsp3) is 0.391. The number of rotatable bonds is 7. The molecule has 0 amide bonds. The van der Waals surface area contributed by atoms with Gasteiger partial charge in [-0.1, -0.05) is 11.6 Å². The first-order chi connectivity index (χ1) is 15.8. The van der Waals surface area contributed by atoms with E-state index in [-0.39, 0.29) is 34.1 Å². The summed E-state index contributed by atoms with van der Waals surface area (Å²) in [5, 5.41) is 11.9. The van der Waals surface area contributed by atoms with Gasteiger partial charge in [0.05, 0.1) is 18.0 Å². The third-order valence-electron chi connectivity index (χ3n) is 5.51. The number of benzene rings is 1. The first kappa shape index (κ1) is 24.4. The van der Waals surface area contributed by atoms with Crippen molar-refractivity contribution in [2.75, 3.05) is 25.0 Å². The summed E-state index contributed by atoms with van der Waals surface area (Å²) in [4.78, 5) is 14.8. The molecule has 0 atom stereocenters. The van der Waals surface area contributed by atoms with Crippen molar-refractivity contribution >= 4 is 34.9 Å². The van der Waals surface area contributed by atoms with Gasteiger partial charge in [0.1, 0.15) is 16.7 Å². The zero-order valence-corrected chi connectivity index (χ0v) is 19.5. The minimum Gasteiger partial charge on any atom is -0.402 e. The molecule has 0 bridgehead atoms. The number of nitrogens with two attached hydrogens (primary N) is 2. The summed E-state index contributed by atoms with van der Waals surface area (Å²) in [5.74, 6) is 0.359. The number of aromatic nitrogens is 2. The van der Waals surface area contributed by atoms with Gasteiger partial charge in [0.2, 0.25) is 5.95 Å². The summed E-state index contributed by atoms with van der Waals surface area (Å²) in [6, 6.07) is 5.55. The number of piperidine rings is 1. The van der Waals surface area contributed by atoms with E-state index in [1.165, 1.54) is 12.3 Å². The molecule has 5 N–H and O–H groups in total. The average Bonchev–Trinajstić information content (AvgIpc) is 2.76. The molecule has 1 aromatic carbocycles. The largest absolute Gasteiger partial charge is 0.402 e. The molecule has 3 rings (SSSR count). The molecule has 1 saturated heterocycles. The normalized spacial score (nSPS) is 16.0. The van der Waals surface area contributed by atoms with Gasteiger partial charge in [-0.25, -0.2) is 14.4 Å². The molecule has 2 aromatic rings. The van der Waals surface area contributed by atoms with Crippen LogP contribution in [0.15, 0.2) is 35.1 Å². The molecular formula is C23H28ClFN8. The third-order valence-corrected chi connectivity index (χ3v) is 5.77. The number of amidine groups is 1. The SMILES string of the molecule is C/C(N)=C/C(N)=Nc1nc(Nc2cc(C)c(C3CCN(CCC#N)CC3)cc2F)ncc1Cl. The average molecular weight is 471 g/mol. The van der Waals surface area contributed by atoms with Gasteiger partial charge in [0.25, 0.3) is 0 Å². The topological polar surface area (TPSA) is 129 Å². The maximum atomic E-state index is 15.0. The summed E-state index contributed by atoms with van der Waals surface area (Å²) in [7, 11) is 0. The number of nitrogens with zero attached hydrogens (tertiary/aromatic N) is 5. The number of likely N-dealkylation sites (tertiary alicyclic amines) is 1. The van der Waals surface area contributed by atoms with Gasteiger partial charge in [-0.15, -0.1) is 0 Å². The summed E-state index contributed by atoms with van der Waals surface area (Å²) >= 11 is 6.12. The molecule has 8 nitrogen and oxygen atoms in total. The molecule has 1 fully saturated rings. The molecule has 2 heterocycles. The third kappa shape index (κ3) is 6.63. The summed E-state index contributed by atoms with van der Waals surface area (Å²) in [6.07, 6.45) is 5.29. The second-order valence-corrected chi connectivity index (χ2v) is 8.54. The van der Waals surface area contributed by atoms with Crippen LogP contribution in [0.25, 0.3) is 0 Å². The van der Waals surface area contributed by atoms with E-state index in [4.69, 9.17) is 28.3 Å². The van der Waals surface area contributed by atoms with Gasteiger partial charge >= 0.3 is 0 Å². The maximum Gasteiger partial charge on any atom is 0.229 e. The van der Waals surface area contributed by atoms with Crippen molar-refractivity contribution in [3.63, 3.8) is 0 Å². The van der Waals surface area contributed by atoms with E-state index in [1.54, 1.807) is 19.1 Å². The molecule has 10 heteroatoms. The fourth-order valence-electron chi connectivity index (χ4n) is 3.91. The number of anilines is 2. The molecule has 174 valence electrons. The molecule has 0 saturated carbocycles. The Morgan fingerprint density at radius 3 is 2.79 bits per heavy atom. The first-order valence-corrected chi connectivity index (χ1v) is 11.1. The summed E-state index contributed by atoms with van der Waals surface area (Å²) in [5.41, 5.74) is 14.2. The van der Waals surface area contributed by atoms with Crippen molar-refractivity contribution in [3.05, 3.63) is 52.1 Å². The second kappa shape index (κ2) is 11.1. The van der Waals surface area contributed by atoms with E-state index in [0.29, 0.717) is 18.0 Å². The van der Waals surface area contributed by atoms with Gasteiger partial charge < -0.3 is 21.7 Å². The van der Waals surface area contributed by atoms with Crippen LogP contribution >= 0.6 is 11.6 Å². The number of nitriles is 1. The van der Waals surface area contributed by atoms with Crippen LogP contribution < -0.4 is 16.8 Å². The number of hydrogen-bond donors (Lipinski definition) is 3. The van der Waals surface area contributed by atoms with Crippen molar-refractivity contribution < 1.29 is 4.39 Å². The number of allylic oxidation sites excluding steroid dienone is 1. The quantitative estimate of drug-likeness (QED) is 0.407. The Bertz CT molecular complexity index is 1100. The highest BCUT2D eigenvalue weighted by atomic mass is 35.5. The molecule has 1 aromatic heterocycles. The Balaban J connectivity index is 1.76. The predicted octanol–water partition coefficient (Wildman–Crippen LogP) is 4.27. The minimum atomic E-state index is -0.382. The van der Waals surface area contributed by atoms with E-state index in [9.17, 15) is 4.39 Å². The maximum absolute atomic E-state index is 15.0. The molecule has 1 aliphatic heterocycles. The summed E-state index contributed by atoms with van der Waals surface area (Å²) < 4.78 is 15.0. The van der Waals surface area contributed by atoms with Crippen LogP contribution in [0.2, 0.25) is 5.02 Å². The van der Waals surface area contributed by atoms with E-state index in [1.807, 2.05) is 6.92 Å². The van der Waals surface area contributed by atoms with Gasteiger partial charge in [0, 0.05) is 18.7 Å². The monoisotopic (exact) mass is 470 g/mol. The van der Waals surface area contributed by atoms with E-state index >= 15 is 0 Å². The van der Waals surface area contributed by atoms with Gasteiger partial charge in [-0.3, -0.25) is 0 Å². The molecule has 0 radical (unpaired) electrons. The fourth-order valence-corrected chi connectivity index (χ4v) is 4.05. The summed E-state index contributed by atoms with van der Waals surface area (Å²) in [6.45, 7) is 6.28. The highest BCUT2D eigenvalue weighted by molar-refractivity contribution is 6.32. The Hall–Kier alpha value is -3.22. The first-order valence-electron chi connectivity index (χ1n) is 10.7. The Morgan fingerprint density at radius 1 is 1.39 bits per heavy atom. The van der Waals surface area contributed by atoms with Crippen molar-refractivity contribution in [2.24, 2.45) is 16.5 Å². The van der Waals surface area contributed by atoms with Crippen molar-refractivity contribution in [2.45, 2.75) is 39.0 Å². The number of nitrogens with one attached hydrogen (secondary N) is 1. The number of halogens is 2. The van der Waals surface area contributed by atoms with Crippen LogP contribution in [-0.4, -0.2) is 40.3 Å². The van der Waals surface area contributed by atoms with Crippen molar-refractivity contribution in [1.29, 1.82) is 5.26 Å². The van der Waals surface area contributed by atoms with Gasteiger partial charge in [-0.2, -0.15) is 10.2 Å². The lowest BCUT2D eigenvalue weighted by atomic mass is 9.86. The Labute approximate surface area is 198 Å². The zero-order valence-electron chi connectivity index (χ0n) is 18.8. The van der Waals surface area contributed by atoms with Crippen molar-refractivity contribution in [3.8, 4) is 6.07 Å². The van der Waals surface area contributed by atoms with Crippen molar-refractivity contribution in [1.82, 2.24) is 14.9 Å². The molecule has 1 aliphatic rings. The molecule has 0 unspecified atom stereocenters. The smallest absolute Gasteiger partial charge is 0.229 e. The van der Waals surface area contributed by atoms with E-state index in [2.05, 4.69) is 31.2 Å². The number of aliphatic imine (C=N–C) groups is 1. The highest BCUT2D eigenvalue weighted by Crippen LogP contribution is 2.34. The van der Waals surface area contributed by atoms with Crippen LogP contribution in [-0.2, 0) is 0 Å². The van der Waals surface area contributed by atoms with Crippen LogP contribution in [0.3, 0.4) is 0 Å². The molecule has 0 spiro atoms. The minimum absolute atomic E-state index is 0.145. The van der Waals surface area contributed by atoms with Gasteiger partial charge in [-0.05, 0) is 75.0 Å². The van der Waals surface area contributed by atoms with E-state index in [0.717, 1.165) is 43.6 Å². The zero-order chi connectivity index (χ0) is 24.0. The molecule has 0 aliphatic carbocycles. The van der Waals surface area contributed by atoms with Crippen LogP contribution in [0, 0.1) is 24.1 Å².